The van der Waals surface area contributed by atoms with Gasteiger partial charge in [-0.1, -0.05) is 116 Å². The number of nitrogens with zero attached hydrogens (tertiary/aromatic N) is 9. The Morgan fingerprint density at radius 2 is 1.19 bits per heavy atom. The van der Waals surface area contributed by atoms with Crippen LogP contribution in [0.1, 0.15) is 174 Å². The number of likely N-dealkylation sites (N-methyl/N-ethyl adjacent to an activating group) is 7. The Labute approximate surface area is 624 Å². The van der Waals surface area contributed by atoms with E-state index in [0.717, 1.165) is 88.9 Å². The van der Waals surface area contributed by atoms with Crippen molar-refractivity contribution < 1.29 is 97.0 Å². The van der Waals surface area contributed by atoms with E-state index in [4.69, 9.17) is 11.6 Å². The molecule has 6 aliphatic rings. The summed E-state index contributed by atoms with van der Waals surface area (Å²) >= 11 is 6.13. The minimum Gasteiger partial charge on any atom is -0.343 e. The van der Waals surface area contributed by atoms with E-state index in [1.54, 1.807) is 27.7 Å². The standard InChI is InChI=1S/C73H106ClF9N12O12/c1-12-44(4)59-66(105)89(7)39-57(98)87(5)40-58(99)91(9)53(36-45-22-15-13-16-23-45)64(103)88(6)38-55(96)84-50(30-28-46-27-29-48(49(74)35-46)72(79,80)81)63(102)95-33-21-26-51(95)62(101)86-69(31-19-20-32-69)68(107)93(11)60(47-24-17-14-18-25-47)67(106)92(10)54(37-56(97)90(8)52(34-43(2)3)61(100)85-59)65(104)94-41-70(75,76)73(82,83)71(77,78)42-94/h27,29,35,43-45,47,50-54,59-60H,12-26,28,30-34,36-42H2,1-11H3,(H,84,96)(H,85,100)(H,86,101)/t44-,50-,51-,52-,53-,54-,59-,60-/m0/s1. The van der Waals surface area contributed by atoms with Crippen molar-refractivity contribution in [1.82, 2.24) is 60.0 Å². The summed E-state index contributed by atoms with van der Waals surface area (Å²) in [6, 6.07) is -8.11. The lowest BCUT2D eigenvalue weighted by Gasteiger charge is -2.45. The molecule has 3 heterocycles. The maximum absolute atomic E-state index is 15.8. The number of aryl methyl sites for hydroxylation is 1. The highest BCUT2D eigenvalue weighted by molar-refractivity contribution is 6.31. The van der Waals surface area contributed by atoms with Crippen molar-refractivity contribution in [3.63, 3.8) is 0 Å². The van der Waals surface area contributed by atoms with Crippen molar-refractivity contribution in [2.24, 2.45) is 23.7 Å². The van der Waals surface area contributed by atoms with E-state index >= 15 is 41.5 Å². The minimum atomic E-state index is -5.97. The molecule has 8 atom stereocenters. The second-order valence-electron chi connectivity index (χ2n) is 31.0. The van der Waals surface area contributed by atoms with E-state index in [0.29, 0.717) is 37.0 Å². The fraction of sp³-hybridized carbons (Fsp3) is 0.753. The van der Waals surface area contributed by atoms with Gasteiger partial charge in [0, 0.05) is 55.9 Å². The van der Waals surface area contributed by atoms with Gasteiger partial charge in [0.15, 0.2) is 0 Å². The molecular weight excluding hydrogens is 1440 g/mol. The van der Waals surface area contributed by atoms with Gasteiger partial charge in [-0.3, -0.25) is 57.5 Å². The molecule has 3 N–H and O–H groups in total. The molecule has 3 saturated heterocycles. The largest absolute Gasteiger partial charge is 0.417 e. The Morgan fingerprint density at radius 3 is 1.76 bits per heavy atom. The number of carbonyl (C=O) groups is 12. The Bertz CT molecular complexity index is 3410. The van der Waals surface area contributed by atoms with Crippen LogP contribution in [0.2, 0.25) is 5.02 Å². The highest BCUT2D eigenvalue weighted by Gasteiger charge is 2.75. The number of nitrogens with one attached hydrogen (secondary N) is 3. The maximum Gasteiger partial charge on any atom is 0.417 e. The van der Waals surface area contributed by atoms with Gasteiger partial charge in [0.2, 0.25) is 70.9 Å². The third-order valence-corrected chi connectivity index (χ3v) is 23.0. The molecule has 3 saturated carbocycles. The zero-order valence-corrected chi connectivity index (χ0v) is 63.8. The molecule has 600 valence electrons. The van der Waals surface area contributed by atoms with Gasteiger partial charge < -0.3 is 60.0 Å². The number of halogens is 10. The highest BCUT2D eigenvalue weighted by Crippen LogP contribution is 2.50. The average Bonchev–Trinajstić information content (AvgIpc) is 1.18. The van der Waals surface area contributed by atoms with Crippen LogP contribution in [-0.2, 0) is 70.1 Å². The van der Waals surface area contributed by atoms with Gasteiger partial charge in [-0.2, -0.15) is 39.5 Å². The van der Waals surface area contributed by atoms with E-state index < -0.39 is 210 Å². The van der Waals surface area contributed by atoms with E-state index in [-0.39, 0.29) is 93.6 Å². The number of hydrogen-bond acceptors (Lipinski definition) is 12. The van der Waals surface area contributed by atoms with Gasteiger partial charge in [0.05, 0.1) is 49.7 Å². The number of alkyl halides is 9. The number of rotatable bonds is 11. The normalized spacial score (nSPS) is 27.5. The summed E-state index contributed by atoms with van der Waals surface area (Å²) in [4.78, 5) is 187. The quantitative estimate of drug-likeness (QED) is 0.186. The Hall–Kier alpha value is -7.48. The fourth-order valence-corrected chi connectivity index (χ4v) is 16.2. The van der Waals surface area contributed by atoms with Crippen molar-refractivity contribution in [3.8, 4) is 0 Å². The van der Waals surface area contributed by atoms with Crippen molar-refractivity contribution in [2.75, 3.05) is 88.6 Å². The third kappa shape index (κ3) is 20.3. The number of benzene rings is 1. The molecule has 0 unspecified atom stereocenters. The molecule has 1 spiro atoms. The van der Waals surface area contributed by atoms with Gasteiger partial charge >= 0.3 is 23.9 Å². The molecule has 3 aliphatic heterocycles. The topological polar surface area (TPSA) is 270 Å². The first-order valence-electron chi connectivity index (χ1n) is 37.2. The molecular formula is C73H106ClF9N12O12. The van der Waals surface area contributed by atoms with Crippen LogP contribution in [-0.4, -0.2) is 269 Å². The van der Waals surface area contributed by atoms with Gasteiger partial charge in [0.1, 0.15) is 47.8 Å². The first kappa shape index (κ1) is 86.8. The molecule has 0 radical (unpaired) electrons. The van der Waals surface area contributed by atoms with Gasteiger partial charge in [-0.25, -0.2) is 0 Å². The zero-order chi connectivity index (χ0) is 79.7. The van der Waals surface area contributed by atoms with Gasteiger partial charge in [0.25, 0.3) is 0 Å². The predicted octanol–water partition coefficient (Wildman–Crippen LogP) is 7.16. The second kappa shape index (κ2) is 35.9. The summed E-state index contributed by atoms with van der Waals surface area (Å²) in [5, 5.41) is 7.65. The van der Waals surface area contributed by atoms with Crippen LogP contribution < -0.4 is 16.0 Å². The van der Waals surface area contributed by atoms with Crippen molar-refractivity contribution >= 4 is 82.5 Å². The highest BCUT2D eigenvalue weighted by atomic mass is 35.5. The first-order chi connectivity index (χ1) is 49.9. The number of piperidine rings is 1. The van der Waals surface area contributed by atoms with Crippen LogP contribution in [0, 0.1) is 23.7 Å². The summed E-state index contributed by atoms with van der Waals surface area (Å²) in [5.41, 5.74) is -2.74. The summed E-state index contributed by atoms with van der Waals surface area (Å²) < 4.78 is 133. The number of hydrogen-bond donors (Lipinski definition) is 3. The van der Waals surface area contributed by atoms with Gasteiger partial charge in [-0.05, 0) is 106 Å². The summed E-state index contributed by atoms with van der Waals surface area (Å²) in [6.07, 6.45) is 0.704. The number of amides is 12. The monoisotopic (exact) mass is 1550 g/mol. The van der Waals surface area contributed by atoms with E-state index in [1.165, 1.54) is 45.0 Å². The molecule has 3 aliphatic carbocycles. The van der Waals surface area contributed by atoms with Crippen molar-refractivity contribution in [2.45, 2.75) is 241 Å². The molecule has 1 aromatic rings. The summed E-state index contributed by atoms with van der Waals surface area (Å²) in [7, 11) is 8.56. The fourth-order valence-electron chi connectivity index (χ4n) is 15.9. The molecule has 0 bridgehead atoms. The van der Waals surface area contributed by atoms with Crippen LogP contribution in [0.25, 0.3) is 0 Å². The number of carbonyl (C=O) groups excluding carboxylic acids is 12. The molecule has 6 fully saturated rings. The Kier molecular flexibility index (Phi) is 29.1. The van der Waals surface area contributed by atoms with E-state index in [2.05, 4.69) is 16.0 Å². The Balaban J connectivity index is 1.32. The molecule has 1 aromatic carbocycles. The number of likely N-dealkylation sites (tertiary alicyclic amines) is 1. The molecule has 34 heteroatoms. The van der Waals surface area contributed by atoms with E-state index in [1.807, 2.05) is 0 Å². The first-order valence-corrected chi connectivity index (χ1v) is 37.6. The van der Waals surface area contributed by atoms with Crippen LogP contribution in [0.5, 0.6) is 0 Å². The summed E-state index contributed by atoms with van der Waals surface area (Å²) in [6.45, 7) is -0.00614. The number of fused-ring (bicyclic) bond motifs is 1. The second-order valence-corrected chi connectivity index (χ2v) is 31.4. The minimum absolute atomic E-state index is 0.00466. The van der Waals surface area contributed by atoms with E-state index in [9.17, 15) is 55.5 Å². The van der Waals surface area contributed by atoms with Crippen LogP contribution in [0.3, 0.4) is 0 Å². The molecule has 0 aromatic heterocycles. The maximum atomic E-state index is 15.8. The summed E-state index contributed by atoms with van der Waals surface area (Å²) in [5.74, 6) is -30.5. The molecule has 7 rings (SSSR count). The van der Waals surface area contributed by atoms with Gasteiger partial charge in [-0.15, -0.1) is 0 Å². The average molecular weight is 1550 g/mol. The van der Waals surface area contributed by atoms with Crippen molar-refractivity contribution in [1.29, 1.82) is 0 Å². The SMILES string of the molecule is CC[C@H](C)[C@@H]1NC(=O)[C@H](CC(C)C)N(C)C(=O)C[C@@H](C(=O)N2CC(F)(F)C(F)(F)C(F)(F)C2)N(C)C(=O)[C@H](C2CCCCC2)N(C)C(=O)C2(CCCC2)NC(=O)[C@@H]2CCCN2C(=O)[C@H](CCc2ccc(C(F)(F)F)c(Cl)c2)NC(=O)CN(C)C(=O)[C@H](CC2CCCCC2)N(C)C(=O)CN(C)C(=O)CN(C)C1=O. The molecule has 24 nitrogen and oxygen atoms in total. The molecule has 12 amide bonds. The van der Waals surface area contributed by atoms with Crippen LogP contribution in [0.4, 0.5) is 39.5 Å². The lowest BCUT2D eigenvalue weighted by atomic mass is 9.81. The van der Waals surface area contributed by atoms with Crippen molar-refractivity contribution in [3.05, 3.63) is 34.3 Å². The zero-order valence-electron chi connectivity index (χ0n) is 63.1. The predicted molar refractivity (Wildman–Crippen MR) is 375 cm³/mol. The van der Waals surface area contributed by atoms with Crippen LogP contribution in [0.15, 0.2) is 18.2 Å². The lowest BCUT2D eigenvalue weighted by Crippen LogP contribution is -2.70. The molecule has 107 heavy (non-hydrogen) atoms. The third-order valence-electron chi connectivity index (χ3n) is 22.7. The Morgan fingerprint density at radius 1 is 0.617 bits per heavy atom. The lowest BCUT2D eigenvalue weighted by molar-refractivity contribution is -0.335. The smallest absolute Gasteiger partial charge is 0.343 e. The van der Waals surface area contributed by atoms with Crippen LogP contribution >= 0.6 is 11.6 Å².